The standard InChI is InChI=1S/C17H25NO12/c1-7(19)25-6-12-13(27-8(2)20)14(28-9(3)21)15(29-10(4)22)17(30-12)26-5-11(18)16(23)24/h11-15,17H,5-6,18H2,1-4H3,(H,23,24)/t11-,12?,13+,14?,15?,17-/m0/s1. The van der Waals surface area contributed by atoms with E-state index in [9.17, 15) is 24.0 Å². The van der Waals surface area contributed by atoms with Crippen molar-refractivity contribution in [2.75, 3.05) is 13.2 Å². The third kappa shape index (κ3) is 7.93. The lowest BCUT2D eigenvalue weighted by atomic mass is 9.98. The molecule has 0 aromatic heterocycles. The summed E-state index contributed by atoms with van der Waals surface area (Å²) in [6, 6.07) is -1.43. The Kier molecular flexibility index (Phi) is 9.62. The lowest BCUT2D eigenvalue weighted by molar-refractivity contribution is -0.308. The van der Waals surface area contributed by atoms with E-state index in [2.05, 4.69) is 0 Å². The molecule has 0 spiro atoms. The lowest BCUT2D eigenvalue weighted by Gasteiger charge is -2.44. The minimum Gasteiger partial charge on any atom is -0.480 e. The first-order valence-corrected chi connectivity index (χ1v) is 8.82. The van der Waals surface area contributed by atoms with Crippen LogP contribution in [0.5, 0.6) is 0 Å². The minimum atomic E-state index is -1.48. The fourth-order valence-corrected chi connectivity index (χ4v) is 2.59. The molecule has 0 radical (unpaired) electrons. The Labute approximate surface area is 171 Å². The average Bonchev–Trinajstić information content (AvgIpc) is 2.60. The minimum absolute atomic E-state index is 0.428. The number of hydrogen-bond acceptors (Lipinski definition) is 12. The highest BCUT2D eigenvalue weighted by molar-refractivity contribution is 5.73. The Hall–Kier alpha value is -2.77. The second-order valence-electron chi connectivity index (χ2n) is 6.35. The molecule has 1 aliphatic heterocycles. The van der Waals surface area contributed by atoms with Crippen molar-refractivity contribution < 1.29 is 57.5 Å². The smallest absolute Gasteiger partial charge is 0.322 e. The number of rotatable bonds is 9. The SMILES string of the molecule is CC(=O)OCC1O[C@H](OC[C@H](N)C(=O)O)C(OC(C)=O)C(OC(C)=O)[C@@H]1OC(C)=O. The summed E-state index contributed by atoms with van der Waals surface area (Å²) in [7, 11) is 0. The van der Waals surface area contributed by atoms with Gasteiger partial charge in [0.2, 0.25) is 0 Å². The summed E-state index contributed by atoms with van der Waals surface area (Å²) in [6.45, 7) is 3.38. The van der Waals surface area contributed by atoms with Crippen molar-refractivity contribution in [2.45, 2.75) is 64.4 Å². The molecule has 0 aromatic carbocycles. The topological polar surface area (TPSA) is 187 Å². The zero-order valence-corrected chi connectivity index (χ0v) is 16.9. The van der Waals surface area contributed by atoms with Gasteiger partial charge in [-0.1, -0.05) is 0 Å². The van der Waals surface area contributed by atoms with E-state index >= 15 is 0 Å². The second kappa shape index (κ2) is 11.4. The van der Waals surface area contributed by atoms with Crippen LogP contribution in [-0.2, 0) is 52.4 Å². The van der Waals surface area contributed by atoms with E-state index < -0.39 is 79.8 Å². The number of carbonyl (C=O) groups is 5. The summed E-state index contributed by atoms with van der Waals surface area (Å²) < 4.78 is 31.4. The maximum atomic E-state index is 11.6. The third-order valence-electron chi connectivity index (χ3n) is 3.71. The fourth-order valence-electron chi connectivity index (χ4n) is 2.59. The van der Waals surface area contributed by atoms with E-state index in [1.54, 1.807) is 0 Å². The summed E-state index contributed by atoms with van der Waals surface area (Å²) in [5.74, 6) is -4.42. The van der Waals surface area contributed by atoms with Gasteiger partial charge in [-0.2, -0.15) is 0 Å². The summed E-state index contributed by atoms with van der Waals surface area (Å²) in [5.41, 5.74) is 5.41. The Morgan fingerprint density at radius 3 is 1.83 bits per heavy atom. The number of ether oxygens (including phenoxy) is 6. The number of esters is 4. The van der Waals surface area contributed by atoms with Gasteiger partial charge in [0.1, 0.15) is 18.8 Å². The molecule has 3 unspecified atom stereocenters. The number of hydrogen-bond donors (Lipinski definition) is 2. The first kappa shape index (κ1) is 25.3. The van der Waals surface area contributed by atoms with Gasteiger partial charge in [-0.3, -0.25) is 24.0 Å². The number of carbonyl (C=O) groups excluding carboxylic acids is 4. The van der Waals surface area contributed by atoms with Gasteiger partial charge in [0.15, 0.2) is 24.6 Å². The van der Waals surface area contributed by atoms with Gasteiger partial charge < -0.3 is 39.3 Å². The molecule has 0 aromatic rings. The largest absolute Gasteiger partial charge is 0.480 e. The van der Waals surface area contributed by atoms with Crippen LogP contribution in [0.2, 0.25) is 0 Å². The molecular weight excluding hydrogens is 410 g/mol. The Morgan fingerprint density at radius 1 is 0.867 bits per heavy atom. The van der Waals surface area contributed by atoms with Crippen molar-refractivity contribution in [3.8, 4) is 0 Å². The molecule has 0 amide bonds. The molecule has 1 rings (SSSR count). The van der Waals surface area contributed by atoms with E-state index in [-0.39, 0.29) is 0 Å². The van der Waals surface area contributed by atoms with Crippen molar-refractivity contribution in [2.24, 2.45) is 5.73 Å². The zero-order valence-electron chi connectivity index (χ0n) is 16.9. The molecule has 0 aliphatic carbocycles. The van der Waals surface area contributed by atoms with E-state index in [1.807, 2.05) is 0 Å². The Balaban J connectivity index is 3.27. The van der Waals surface area contributed by atoms with Crippen LogP contribution in [0.3, 0.4) is 0 Å². The van der Waals surface area contributed by atoms with Gasteiger partial charge >= 0.3 is 29.8 Å². The predicted octanol–water partition coefficient (Wildman–Crippen LogP) is -1.50. The average molecular weight is 435 g/mol. The van der Waals surface area contributed by atoms with Crippen molar-refractivity contribution in [1.82, 2.24) is 0 Å². The highest BCUT2D eigenvalue weighted by atomic mass is 16.7. The summed E-state index contributed by atoms with van der Waals surface area (Å²) >= 11 is 0. The number of aliphatic carboxylic acids is 1. The van der Waals surface area contributed by atoms with E-state index in [0.29, 0.717) is 0 Å². The van der Waals surface area contributed by atoms with Crippen LogP contribution >= 0.6 is 0 Å². The molecule has 0 bridgehead atoms. The van der Waals surface area contributed by atoms with Crippen LogP contribution in [0.25, 0.3) is 0 Å². The Morgan fingerprint density at radius 2 is 1.37 bits per heavy atom. The third-order valence-corrected chi connectivity index (χ3v) is 3.71. The first-order chi connectivity index (χ1) is 13.9. The monoisotopic (exact) mass is 435 g/mol. The van der Waals surface area contributed by atoms with E-state index in [4.69, 9.17) is 39.3 Å². The maximum absolute atomic E-state index is 11.6. The molecule has 1 fully saturated rings. The lowest BCUT2D eigenvalue weighted by Crippen LogP contribution is -2.63. The molecule has 1 aliphatic rings. The highest BCUT2D eigenvalue weighted by Crippen LogP contribution is 2.30. The number of nitrogens with two attached hydrogens (primary N) is 1. The van der Waals surface area contributed by atoms with Gasteiger partial charge in [0.25, 0.3) is 0 Å². The van der Waals surface area contributed by atoms with Gasteiger partial charge in [-0.25, -0.2) is 0 Å². The van der Waals surface area contributed by atoms with E-state index in [1.165, 1.54) is 0 Å². The number of carboxylic acids is 1. The van der Waals surface area contributed by atoms with Crippen LogP contribution in [0.4, 0.5) is 0 Å². The molecule has 13 heteroatoms. The molecule has 0 saturated carbocycles. The van der Waals surface area contributed by atoms with Crippen LogP contribution < -0.4 is 5.73 Å². The second-order valence-corrected chi connectivity index (χ2v) is 6.35. The molecule has 170 valence electrons. The van der Waals surface area contributed by atoms with Crippen molar-refractivity contribution in [3.63, 3.8) is 0 Å². The van der Waals surface area contributed by atoms with Crippen molar-refractivity contribution in [1.29, 1.82) is 0 Å². The molecule has 1 heterocycles. The maximum Gasteiger partial charge on any atom is 0.322 e. The van der Waals surface area contributed by atoms with Gasteiger partial charge in [-0.05, 0) is 0 Å². The quantitative estimate of drug-likeness (QED) is 0.315. The number of carboxylic acid groups (broad SMARTS) is 1. The molecule has 30 heavy (non-hydrogen) atoms. The first-order valence-electron chi connectivity index (χ1n) is 8.82. The summed E-state index contributed by atoms with van der Waals surface area (Å²) in [5, 5.41) is 8.92. The van der Waals surface area contributed by atoms with Gasteiger partial charge in [0.05, 0.1) is 6.61 Å². The predicted molar refractivity (Wildman–Crippen MR) is 93.5 cm³/mol. The van der Waals surface area contributed by atoms with Crippen LogP contribution in [0, 0.1) is 0 Å². The van der Waals surface area contributed by atoms with Crippen LogP contribution in [0.15, 0.2) is 0 Å². The molecule has 13 nitrogen and oxygen atoms in total. The van der Waals surface area contributed by atoms with Gasteiger partial charge in [-0.15, -0.1) is 0 Å². The zero-order chi connectivity index (χ0) is 23.0. The normalized spacial score (nSPS) is 26.8. The molecule has 1 saturated heterocycles. The highest BCUT2D eigenvalue weighted by Gasteiger charge is 2.52. The van der Waals surface area contributed by atoms with Crippen LogP contribution in [-0.4, -0.2) is 84.9 Å². The molecular formula is C17H25NO12. The van der Waals surface area contributed by atoms with Crippen molar-refractivity contribution in [3.05, 3.63) is 0 Å². The van der Waals surface area contributed by atoms with Crippen LogP contribution in [0.1, 0.15) is 27.7 Å². The summed E-state index contributed by atoms with van der Waals surface area (Å²) in [6.07, 6.45) is -6.85. The summed E-state index contributed by atoms with van der Waals surface area (Å²) in [4.78, 5) is 57.0. The Bertz CT molecular complexity index is 665. The molecule has 3 N–H and O–H groups in total. The fraction of sp³-hybridized carbons (Fsp3) is 0.706. The van der Waals surface area contributed by atoms with Crippen molar-refractivity contribution >= 4 is 29.8 Å². The van der Waals surface area contributed by atoms with Gasteiger partial charge in [0, 0.05) is 27.7 Å². The van der Waals surface area contributed by atoms with E-state index in [0.717, 1.165) is 27.7 Å². The molecule has 6 atom stereocenters.